The van der Waals surface area contributed by atoms with E-state index < -0.39 is 0 Å². The van der Waals surface area contributed by atoms with Gasteiger partial charge in [0.15, 0.2) is 17.3 Å². The van der Waals surface area contributed by atoms with Crippen LogP contribution in [0.15, 0.2) is 30.5 Å². The van der Waals surface area contributed by atoms with Crippen LogP contribution < -0.4 is 20.5 Å². The molecule has 0 atom stereocenters. The molecule has 1 aliphatic rings. The number of anilines is 1. The predicted molar refractivity (Wildman–Crippen MR) is 110 cm³/mol. The number of benzene rings is 1. The number of nitrogens with zero attached hydrogens (tertiary/aromatic N) is 2. The van der Waals surface area contributed by atoms with Crippen LogP contribution in [0, 0.1) is 0 Å². The third-order valence-corrected chi connectivity index (χ3v) is 4.69. The Hall–Kier alpha value is -3.55. The average Bonchev–Trinajstić information content (AvgIpc) is 3.16. The van der Waals surface area contributed by atoms with Crippen LogP contribution in [0.3, 0.4) is 0 Å². The normalized spacial score (nSPS) is 13.0. The molecular formula is C21H23N5O3. The van der Waals surface area contributed by atoms with E-state index in [1.54, 1.807) is 24.4 Å². The molecule has 150 valence electrons. The number of nitrogen functional groups attached to an aromatic ring is 1. The summed E-state index contributed by atoms with van der Waals surface area (Å²) >= 11 is 0. The molecule has 8 heteroatoms. The molecule has 3 heterocycles. The SMILES string of the molecule is CCOc1cc(N)c(-c2nccc(-c3cc4c([nH]3)CCNC4=O)n2)cc1OCC. The zero-order valence-electron chi connectivity index (χ0n) is 16.4. The van der Waals surface area contributed by atoms with E-state index in [0.29, 0.717) is 59.6 Å². The molecule has 1 amide bonds. The van der Waals surface area contributed by atoms with E-state index in [-0.39, 0.29) is 5.91 Å². The van der Waals surface area contributed by atoms with Crippen molar-refractivity contribution in [2.24, 2.45) is 0 Å². The smallest absolute Gasteiger partial charge is 0.253 e. The van der Waals surface area contributed by atoms with E-state index in [1.165, 1.54) is 0 Å². The summed E-state index contributed by atoms with van der Waals surface area (Å²) in [6.45, 7) is 5.45. The minimum absolute atomic E-state index is 0.0693. The summed E-state index contributed by atoms with van der Waals surface area (Å²) in [6.07, 6.45) is 2.44. The number of aromatic amines is 1. The van der Waals surface area contributed by atoms with E-state index in [0.717, 1.165) is 17.8 Å². The van der Waals surface area contributed by atoms with Gasteiger partial charge >= 0.3 is 0 Å². The standard InChI is InChI=1S/C21H23N5O3/c1-3-28-18-10-12(14(22)11-19(18)29-4-2)20-23-7-6-16(26-20)17-9-13-15(25-17)5-8-24-21(13)27/h6-7,9-11,25H,3-5,8,22H2,1-2H3,(H,24,27). The Morgan fingerprint density at radius 3 is 2.59 bits per heavy atom. The Labute approximate surface area is 168 Å². The van der Waals surface area contributed by atoms with Gasteiger partial charge in [-0.15, -0.1) is 0 Å². The third kappa shape index (κ3) is 3.61. The molecule has 1 aliphatic heterocycles. The highest BCUT2D eigenvalue weighted by Gasteiger charge is 2.21. The van der Waals surface area contributed by atoms with Crippen molar-refractivity contribution in [1.82, 2.24) is 20.3 Å². The molecule has 4 N–H and O–H groups in total. The van der Waals surface area contributed by atoms with Crippen LogP contribution in [0.4, 0.5) is 5.69 Å². The van der Waals surface area contributed by atoms with Crippen molar-refractivity contribution in [3.8, 4) is 34.3 Å². The molecule has 4 rings (SSSR count). The number of aromatic nitrogens is 3. The lowest BCUT2D eigenvalue weighted by Crippen LogP contribution is -2.31. The van der Waals surface area contributed by atoms with Crippen molar-refractivity contribution in [2.75, 3.05) is 25.5 Å². The van der Waals surface area contributed by atoms with Crippen LogP contribution in [0.5, 0.6) is 11.5 Å². The molecule has 29 heavy (non-hydrogen) atoms. The van der Waals surface area contributed by atoms with E-state index in [9.17, 15) is 4.79 Å². The summed E-state index contributed by atoms with van der Waals surface area (Å²) < 4.78 is 11.3. The lowest BCUT2D eigenvalue weighted by molar-refractivity contribution is 0.0946. The van der Waals surface area contributed by atoms with Gasteiger partial charge in [0.2, 0.25) is 0 Å². The van der Waals surface area contributed by atoms with Crippen LogP contribution in [0.25, 0.3) is 22.8 Å². The Bertz CT molecular complexity index is 1060. The van der Waals surface area contributed by atoms with Gasteiger partial charge < -0.3 is 25.5 Å². The number of rotatable bonds is 6. The van der Waals surface area contributed by atoms with Crippen molar-refractivity contribution in [3.05, 3.63) is 41.7 Å². The van der Waals surface area contributed by atoms with Crippen LogP contribution in [0.1, 0.15) is 29.9 Å². The lowest BCUT2D eigenvalue weighted by atomic mass is 10.1. The first-order valence-corrected chi connectivity index (χ1v) is 9.63. The molecule has 0 saturated carbocycles. The molecule has 0 bridgehead atoms. The maximum atomic E-state index is 12.0. The molecule has 8 nitrogen and oxygen atoms in total. The Balaban J connectivity index is 1.74. The van der Waals surface area contributed by atoms with E-state index in [1.807, 2.05) is 19.9 Å². The average molecular weight is 393 g/mol. The summed E-state index contributed by atoms with van der Waals surface area (Å²) in [6, 6.07) is 7.16. The maximum Gasteiger partial charge on any atom is 0.253 e. The van der Waals surface area contributed by atoms with E-state index in [4.69, 9.17) is 15.2 Å². The second-order valence-electron chi connectivity index (χ2n) is 6.60. The Morgan fingerprint density at radius 2 is 1.86 bits per heavy atom. The fourth-order valence-corrected chi connectivity index (χ4v) is 3.38. The highest BCUT2D eigenvalue weighted by Crippen LogP contribution is 2.37. The van der Waals surface area contributed by atoms with E-state index in [2.05, 4.69) is 20.3 Å². The summed E-state index contributed by atoms with van der Waals surface area (Å²) in [5, 5.41) is 2.85. The molecule has 0 aliphatic carbocycles. The third-order valence-electron chi connectivity index (χ3n) is 4.69. The second-order valence-corrected chi connectivity index (χ2v) is 6.60. The second kappa shape index (κ2) is 7.83. The largest absolute Gasteiger partial charge is 0.490 e. The van der Waals surface area contributed by atoms with E-state index >= 15 is 0 Å². The number of ether oxygens (including phenoxy) is 2. The van der Waals surface area contributed by atoms with Crippen molar-refractivity contribution < 1.29 is 14.3 Å². The summed E-state index contributed by atoms with van der Waals surface area (Å²) in [5.74, 6) is 1.59. The molecule has 0 saturated heterocycles. The van der Waals surface area contributed by atoms with Gasteiger partial charge in [-0.3, -0.25) is 4.79 Å². The number of hydrogen-bond acceptors (Lipinski definition) is 6. The number of fused-ring (bicyclic) bond motifs is 1. The fourth-order valence-electron chi connectivity index (χ4n) is 3.38. The number of hydrogen-bond donors (Lipinski definition) is 3. The fraction of sp³-hybridized carbons (Fsp3) is 0.286. The predicted octanol–water partition coefficient (Wildman–Crippen LogP) is 2.80. The number of carbonyl (C=O) groups excluding carboxylic acids is 1. The van der Waals surface area contributed by atoms with Gasteiger partial charge in [-0.05, 0) is 32.0 Å². The van der Waals surface area contributed by atoms with Gasteiger partial charge in [-0.25, -0.2) is 9.97 Å². The van der Waals surface area contributed by atoms with Gasteiger partial charge in [-0.1, -0.05) is 0 Å². The zero-order valence-corrected chi connectivity index (χ0v) is 16.4. The highest BCUT2D eigenvalue weighted by molar-refractivity contribution is 5.97. The zero-order chi connectivity index (χ0) is 20.4. The van der Waals surface area contributed by atoms with Crippen LogP contribution in [-0.2, 0) is 6.42 Å². The highest BCUT2D eigenvalue weighted by atomic mass is 16.5. The first-order chi connectivity index (χ1) is 14.1. The quantitative estimate of drug-likeness (QED) is 0.555. The van der Waals surface area contributed by atoms with Crippen LogP contribution >= 0.6 is 0 Å². The summed E-state index contributed by atoms with van der Waals surface area (Å²) in [4.78, 5) is 24.4. The molecule has 2 aromatic heterocycles. The summed E-state index contributed by atoms with van der Waals surface area (Å²) in [7, 11) is 0. The van der Waals surface area contributed by atoms with Gasteiger partial charge in [-0.2, -0.15) is 0 Å². The molecule has 3 aromatic rings. The molecule has 0 fully saturated rings. The minimum atomic E-state index is -0.0693. The van der Waals surface area contributed by atoms with Crippen LogP contribution in [-0.4, -0.2) is 40.6 Å². The van der Waals surface area contributed by atoms with Crippen LogP contribution in [0.2, 0.25) is 0 Å². The van der Waals surface area contributed by atoms with Crippen molar-refractivity contribution >= 4 is 11.6 Å². The molecule has 1 aromatic carbocycles. The monoisotopic (exact) mass is 393 g/mol. The topological polar surface area (TPSA) is 115 Å². The number of nitrogens with one attached hydrogen (secondary N) is 2. The van der Waals surface area contributed by atoms with Crippen molar-refractivity contribution in [3.63, 3.8) is 0 Å². The number of H-pyrrole nitrogens is 1. The molecule has 0 unspecified atom stereocenters. The summed E-state index contributed by atoms with van der Waals surface area (Å²) in [5.41, 5.74) is 10.4. The first kappa shape index (κ1) is 18.8. The first-order valence-electron chi connectivity index (χ1n) is 9.63. The minimum Gasteiger partial charge on any atom is -0.490 e. The number of amides is 1. The van der Waals surface area contributed by atoms with Gasteiger partial charge in [0.05, 0.1) is 30.2 Å². The maximum absolute atomic E-state index is 12.0. The van der Waals surface area contributed by atoms with Crippen molar-refractivity contribution in [2.45, 2.75) is 20.3 Å². The van der Waals surface area contributed by atoms with Gasteiger partial charge in [0, 0.05) is 42.2 Å². The Morgan fingerprint density at radius 1 is 1.10 bits per heavy atom. The van der Waals surface area contributed by atoms with Gasteiger partial charge in [0.25, 0.3) is 5.91 Å². The Kier molecular flexibility index (Phi) is 5.07. The number of nitrogens with two attached hydrogens (primary N) is 1. The van der Waals surface area contributed by atoms with Crippen molar-refractivity contribution in [1.29, 1.82) is 0 Å². The van der Waals surface area contributed by atoms with Gasteiger partial charge in [0.1, 0.15) is 0 Å². The molecule has 0 radical (unpaired) electrons. The molecular weight excluding hydrogens is 370 g/mol. The molecule has 0 spiro atoms. The lowest BCUT2D eigenvalue weighted by Gasteiger charge is -2.14. The number of carbonyl (C=O) groups is 1.